The molecule has 1 saturated heterocycles. The maximum absolute atomic E-state index is 13.0. The normalized spacial score (nSPS) is 15.3. The van der Waals surface area contributed by atoms with Gasteiger partial charge in [-0.3, -0.25) is 9.48 Å². The summed E-state index contributed by atoms with van der Waals surface area (Å²) >= 11 is 0. The number of aryl methyl sites for hydroxylation is 1. The summed E-state index contributed by atoms with van der Waals surface area (Å²) in [6.07, 6.45) is 2.87. The quantitative estimate of drug-likeness (QED) is 0.699. The third-order valence-electron chi connectivity index (χ3n) is 5.11. The van der Waals surface area contributed by atoms with Crippen LogP contribution in [0.1, 0.15) is 41.5 Å². The molecule has 146 valence electrons. The SMILES string of the molecule is CCOCCn1nc(C)cc1C(=O)N1CCC(Cc2ccc(F)cc2)CC1. The van der Waals surface area contributed by atoms with Crippen LogP contribution in [0.5, 0.6) is 0 Å². The molecule has 1 aliphatic heterocycles. The smallest absolute Gasteiger partial charge is 0.272 e. The Bertz CT molecular complexity index is 749. The highest BCUT2D eigenvalue weighted by Crippen LogP contribution is 2.23. The second kappa shape index (κ2) is 9.13. The van der Waals surface area contributed by atoms with Crippen LogP contribution in [0, 0.1) is 18.7 Å². The fraction of sp³-hybridized carbons (Fsp3) is 0.524. The van der Waals surface area contributed by atoms with E-state index < -0.39 is 0 Å². The molecule has 27 heavy (non-hydrogen) atoms. The van der Waals surface area contributed by atoms with E-state index in [9.17, 15) is 9.18 Å². The van der Waals surface area contributed by atoms with Crippen LogP contribution >= 0.6 is 0 Å². The third-order valence-corrected chi connectivity index (χ3v) is 5.11. The summed E-state index contributed by atoms with van der Waals surface area (Å²) in [5, 5.41) is 4.43. The number of amides is 1. The standard InChI is InChI=1S/C21H28FN3O2/c1-3-27-13-12-25-20(14-16(2)23-25)21(26)24-10-8-18(9-11-24)15-17-4-6-19(22)7-5-17/h4-7,14,18H,3,8-13,15H2,1-2H3. The van der Waals surface area contributed by atoms with Gasteiger partial charge in [0.2, 0.25) is 0 Å². The first-order valence-electron chi connectivity index (χ1n) is 9.72. The molecule has 0 N–H and O–H groups in total. The van der Waals surface area contributed by atoms with E-state index in [0.29, 0.717) is 31.4 Å². The van der Waals surface area contributed by atoms with Crippen molar-refractivity contribution >= 4 is 5.91 Å². The molecule has 0 bridgehead atoms. The molecule has 2 aromatic rings. The van der Waals surface area contributed by atoms with Crippen molar-refractivity contribution in [3.05, 3.63) is 53.1 Å². The molecule has 3 rings (SSSR count). The summed E-state index contributed by atoms with van der Waals surface area (Å²) in [6.45, 7) is 7.16. The molecule has 0 radical (unpaired) electrons. The average molecular weight is 373 g/mol. The van der Waals surface area contributed by atoms with E-state index >= 15 is 0 Å². The van der Waals surface area contributed by atoms with E-state index in [2.05, 4.69) is 5.10 Å². The molecule has 2 heterocycles. The van der Waals surface area contributed by atoms with Crippen LogP contribution in [0.2, 0.25) is 0 Å². The number of ether oxygens (including phenoxy) is 1. The maximum atomic E-state index is 13.0. The molecule has 0 saturated carbocycles. The molecule has 1 aliphatic rings. The van der Waals surface area contributed by atoms with Crippen LogP contribution in [0.3, 0.4) is 0 Å². The summed E-state index contributed by atoms with van der Waals surface area (Å²) < 4.78 is 20.2. The van der Waals surface area contributed by atoms with Crippen LogP contribution in [-0.2, 0) is 17.7 Å². The number of likely N-dealkylation sites (tertiary alicyclic amines) is 1. The fourth-order valence-corrected chi connectivity index (χ4v) is 3.64. The highest BCUT2D eigenvalue weighted by molar-refractivity contribution is 5.92. The summed E-state index contributed by atoms with van der Waals surface area (Å²) in [5.41, 5.74) is 2.65. The lowest BCUT2D eigenvalue weighted by molar-refractivity contribution is 0.0673. The molecular formula is C21H28FN3O2. The van der Waals surface area contributed by atoms with Gasteiger partial charge in [0.05, 0.1) is 18.8 Å². The number of benzene rings is 1. The van der Waals surface area contributed by atoms with E-state index in [-0.39, 0.29) is 11.7 Å². The number of carbonyl (C=O) groups excluding carboxylic acids is 1. The molecule has 0 unspecified atom stereocenters. The summed E-state index contributed by atoms with van der Waals surface area (Å²) in [7, 11) is 0. The van der Waals surface area contributed by atoms with Crippen LogP contribution in [0.4, 0.5) is 4.39 Å². The molecule has 0 atom stereocenters. The first-order valence-corrected chi connectivity index (χ1v) is 9.72. The van der Waals surface area contributed by atoms with E-state index in [0.717, 1.165) is 43.6 Å². The minimum atomic E-state index is -0.199. The van der Waals surface area contributed by atoms with Crippen molar-refractivity contribution < 1.29 is 13.9 Å². The van der Waals surface area contributed by atoms with Gasteiger partial charge in [0.25, 0.3) is 5.91 Å². The number of rotatable bonds is 7. The van der Waals surface area contributed by atoms with E-state index in [1.54, 1.807) is 4.68 Å². The summed E-state index contributed by atoms with van der Waals surface area (Å²) in [4.78, 5) is 14.9. The molecule has 6 heteroatoms. The third kappa shape index (κ3) is 5.16. The molecular weight excluding hydrogens is 345 g/mol. The first-order chi connectivity index (χ1) is 13.1. The molecule has 1 amide bonds. The number of nitrogens with zero attached hydrogens (tertiary/aromatic N) is 3. The van der Waals surface area contributed by atoms with Crippen molar-refractivity contribution in [3.63, 3.8) is 0 Å². The minimum absolute atomic E-state index is 0.0485. The van der Waals surface area contributed by atoms with Gasteiger partial charge in [-0.05, 0) is 62.8 Å². The zero-order valence-corrected chi connectivity index (χ0v) is 16.2. The maximum Gasteiger partial charge on any atom is 0.272 e. The number of piperidine rings is 1. The minimum Gasteiger partial charge on any atom is -0.380 e. The van der Waals surface area contributed by atoms with Crippen LogP contribution in [0.15, 0.2) is 30.3 Å². The van der Waals surface area contributed by atoms with Gasteiger partial charge in [0, 0.05) is 19.7 Å². The van der Waals surface area contributed by atoms with Gasteiger partial charge in [-0.2, -0.15) is 5.10 Å². The van der Waals surface area contributed by atoms with Crippen molar-refractivity contribution in [1.82, 2.24) is 14.7 Å². The number of hydrogen-bond acceptors (Lipinski definition) is 3. The topological polar surface area (TPSA) is 47.4 Å². The van der Waals surface area contributed by atoms with Crippen LogP contribution in [-0.4, -0.2) is 46.9 Å². The lowest BCUT2D eigenvalue weighted by atomic mass is 9.90. The van der Waals surface area contributed by atoms with Crippen molar-refractivity contribution in [2.75, 3.05) is 26.3 Å². The summed E-state index contributed by atoms with van der Waals surface area (Å²) in [5.74, 6) is 0.381. The number of carbonyl (C=O) groups is 1. The van der Waals surface area contributed by atoms with Crippen molar-refractivity contribution in [1.29, 1.82) is 0 Å². The number of hydrogen-bond donors (Lipinski definition) is 0. The molecule has 0 spiro atoms. The van der Waals surface area contributed by atoms with Crippen LogP contribution in [0.25, 0.3) is 0 Å². The lowest BCUT2D eigenvalue weighted by Gasteiger charge is -2.32. The van der Waals surface area contributed by atoms with Gasteiger partial charge in [0.15, 0.2) is 0 Å². The first kappa shape index (κ1) is 19.5. The van der Waals surface area contributed by atoms with Crippen molar-refractivity contribution in [2.24, 2.45) is 5.92 Å². The highest BCUT2D eigenvalue weighted by atomic mass is 19.1. The average Bonchev–Trinajstić information content (AvgIpc) is 3.04. The van der Waals surface area contributed by atoms with Gasteiger partial charge in [-0.1, -0.05) is 12.1 Å². The Morgan fingerprint density at radius 3 is 2.63 bits per heavy atom. The number of halogens is 1. The van der Waals surface area contributed by atoms with Gasteiger partial charge in [-0.25, -0.2) is 4.39 Å². The second-order valence-electron chi connectivity index (χ2n) is 7.16. The Balaban J connectivity index is 1.56. The van der Waals surface area contributed by atoms with Gasteiger partial charge >= 0.3 is 0 Å². The van der Waals surface area contributed by atoms with Crippen molar-refractivity contribution in [3.8, 4) is 0 Å². The predicted octanol–water partition coefficient (Wildman–Crippen LogP) is 3.46. The molecule has 1 aromatic carbocycles. The number of aromatic nitrogens is 2. The fourth-order valence-electron chi connectivity index (χ4n) is 3.64. The van der Waals surface area contributed by atoms with Crippen LogP contribution < -0.4 is 0 Å². The van der Waals surface area contributed by atoms with Gasteiger partial charge < -0.3 is 9.64 Å². The zero-order chi connectivity index (χ0) is 19.2. The predicted molar refractivity (Wildman–Crippen MR) is 102 cm³/mol. The zero-order valence-electron chi connectivity index (χ0n) is 16.2. The largest absolute Gasteiger partial charge is 0.380 e. The summed E-state index contributed by atoms with van der Waals surface area (Å²) in [6, 6.07) is 8.59. The Morgan fingerprint density at radius 1 is 1.26 bits per heavy atom. The van der Waals surface area contributed by atoms with E-state index in [4.69, 9.17) is 4.74 Å². The monoisotopic (exact) mass is 373 g/mol. The Morgan fingerprint density at radius 2 is 1.96 bits per heavy atom. The van der Waals surface area contributed by atoms with E-state index in [1.165, 1.54) is 12.1 Å². The van der Waals surface area contributed by atoms with Gasteiger partial charge in [0.1, 0.15) is 11.5 Å². The highest BCUT2D eigenvalue weighted by Gasteiger charge is 2.26. The molecule has 5 nitrogen and oxygen atoms in total. The van der Waals surface area contributed by atoms with Crippen molar-refractivity contribution in [2.45, 2.75) is 39.7 Å². The molecule has 1 fully saturated rings. The van der Waals surface area contributed by atoms with E-state index in [1.807, 2.05) is 36.9 Å². The Kier molecular flexibility index (Phi) is 6.61. The Hall–Kier alpha value is -2.21. The van der Waals surface area contributed by atoms with Gasteiger partial charge in [-0.15, -0.1) is 0 Å². The second-order valence-corrected chi connectivity index (χ2v) is 7.16. The lowest BCUT2D eigenvalue weighted by Crippen LogP contribution is -2.40. The molecule has 1 aromatic heterocycles. The molecule has 0 aliphatic carbocycles. The Labute approximate surface area is 160 Å².